The summed E-state index contributed by atoms with van der Waals surface area (Å²) in [5.41, 5.74) is 0. The molecular formula is C9H26O3Si4. The van der Waals surface area contributed by atoms with Gasteiger partial charge in [-0.3, -0.25) is 0 Å². The molecule has 3 nitrogen and oxygen atoms in total. The number of hydrogen-bond donors (Lipinski definition) is 0. The third-order valence-electron chi connectivity index (χ3n) is 1.64. The van der Waals surface area contributed by atoms with Gasteiger partial charge in [0.25, 0.3) is 0 Å². The molecule has 0 spiro atoms. The fraction of sp³-hybridized carbons (Fsp3) is 0.778. The van der Waals surface area contributed by atoms with Gasteiger partial charge in [0, 0.05) is 6.04 Å². The van der Waals surface area contributed by atoms with Gasteiger partial charge in [0.15, 0.2) is 27.1 Å². The molecule has 16 heavy (non-hydrogen) atoms. The molecule has 0 aromatic carbocycles. The zero-order valence-corrected chi connectivity index (χ0v) is 15.9. The molecule has 0 rings (SSSR count). The lowest BCUT2D eigenvalue weighted by Gasteiger charge is -2.34. The van der Waals surface area contributed by atoms with Gasteiger partial charge in [-0.25, -0.2) is 0 Å². The van der Waals surface area contributed by atoms with Crippen molar-refractivity contribution in [3.8, 4) is 0 Å². The molecule has 96 valence electrons. The predicted octanol–water partition coefficient (Wildman–Crippen LogP) is 2.11. The fourth-order valence-corrected chi connectivity index (χ4v) is 13.8. The summed E-state index contributed by atoms with van der Waals surface area (Å²) in [5.74, 6) is 0. The molecule has 7 heteroatoms. The first-order chi connectivity index (χ1) is 7.31. The molecule has 0 atom stereocenters. The van der Waals surface area contributed by atoms with Crippen LogP contribution in [0.25, 0.3) is 0 Å². The van der Waals surface area contributed by atoms with E-state index < -0.39 is 35.9 Å². The molecular weight excluding hydrogens is 268 g/mol. The first-order valence-electron chi connectivity index (χ1n) is 5.95. The second kappa shape index (κ2) is 7.74. The molecule has 0 N–H and O–H groups in total. The van der Waals surface area contributed by atoms with Crippen LogP contribution < -0.4 is 0 Å². The number of rotatable bonds is 8. The molecule has 0 saturated carbocycles. The molecule has 0 aromatic heterocycles. The molecule has 0 aromatic rings. The lowest BCUT2D eigenvalue weighted by atomic mass is 10.8. The van der Waals surface area contributed by atoms with E-state index in [-0.39, 0.29) is 0 Å². The fourth-order valence-electron chi connectivity index (χ4n) is 1.48. The van der Waals surface area contributed by atoms with E-state index in [1.54, 1.807) is 0 Å². The first-order valence-corrected chi connectivity index (χ1v) is 16.2. The molecule has 0 bridgehead atoms. The van der Waals surface area contributed by atoms with Gasteiger partial charge >= 0.3 is 8.80 Å². The maximum atomic E-state index is 6.13. The van der Waals surface area contributed by atoms with Crippen LogP contribution in [0.2, 0.25) is 45.3 Å². The SMILES string of the molecule is C=CC[Si](O[SiH](C)C)(O[SiH](C)C)O[SiH](C)C. The van der Waals surface area contributed by atoms with Crippen LogP contribution in [0, 0.1) is 0 Å². The van der Waals surface area contributed by atoms with Gasteiger partial charge in [-0.05, 0) is 39.3 Å². The predicted molar refractivity (Wildman–Crippen MR) is 80.6 cm³/mol. The Labute approximate surface area is 106 Å². The van der Waals surface area contributed by atoms with Gasteiger partial charge in [0.1, 0.15) is 0 Å². The zero-order chi connectivity index (χ0) is 12.8. The quantitative estimate of drug-likeness (QED) is 0.507. The summed E-state index contributed by atoms with van der Waals surface area (Å²) < 4.78 is 18.4. The Balaban J connectivity index is 4.79. The lowest BCUT2D eigenvalue weighted by molar-refractivity contribution is 0.273. The summed E-state index contributed by atoms with van der Waals surface area (Å²) in [4.78, 5) is 0. The summed E-state index contributed by atoms with van der Waals surface area (Å²) >= 11 is 0. The van der Waals surface area contributed by atoms with Crippen molar-refractivity contribution < 1.29 is 12.3 Å². The van der Waals surface area contributed by atoms with Crippen LogP contribution in [-0.4, -0.2) is 35.9 Å². The molecule has 0 aliphatic rings. The summed E-state index contributed by atoms with van der Waals surface area (Å²) in [5, 5.41) is 0. The van der Waals surface area contributed by atoms with Crippen molar-refractivity contribution in [1.82, 2.24) is 0 Å². The van der Waals surface area contributed by atoms with Crippen LogP contribution in [0.15, 0.2) is 12.7 Å². The highest BCUT2D eigenvalue weighted by Crippen LogP contribution is 2.20. The molecule has 0 aliphatic carbocycles. The molecule has 0 saturated heterocycles. The summed E-state index contributed by atoms with van der Waals surface area (Å²) in [6, 6.07) is 0.758. The maximum Gasteiger partial charge on any atom is 0.472 e. The van der Waals surface area contributed by atoms with Crippen molar-refractivity contribution in [2.45, 2.75) is 45.3 Å². The summed E-state index contributed by atoms with van der Waals surface area (Å²) in [6.07, 6.45) is 1.89. The smallest absolute Gasteiger partial charge is 0.420 e. The van der Waals surface area contributed by atoms with E-state index in [9.17, 15) is 0 Å². The van der Waals surface area contributed by atoms with Crippen molar-refractivity contribution in [2.75, 3.05) is 0 Å². The van der Waals surface area contributed by atoms with Gasteiger partial charge in [-0.2, -0.15) is 0 Å². The molecule has 0 aliphatic heterocycles. The van der Waals surface area contributed by atoms with Crippen LogP contribution >= 0.6 is 0 Å². The van der Waals surface area contributed by atoms with Gasteiger partial charge in [0.05, 0.1) is 0 Å². The van der Waals surface area contributed by atoms with Gasteiger partial charge in [0.2, 0.25) is 0 Å². The average Bonchev–Trinajstić information content (AvgIpc) is 1.98. The van der Waals surface area contributed by atoms with Crippen molar-refractivity contribution >= 4 is 35.9 Å². The molecule has 0 radical (unpaired) electrons. The maximum absolute atomic E-state index is 6.13. The molecule has 0 amide bonds. The monoisotopic (exact) mass is 294 g/mol. The third kappa shape index (κ3) is 6.94. The van der Waals surface area contributed by atoms with Gasteiger partial charge < -0.3 is 12.3 Å². The second-order valence-electron chi connectivity index (χ2n) is 4.68. The van der Waals surface area contributed by atoms with Crippen LogP contribution in [0.4, 0.5) is 0 Å². The Bertz CT molecular complexity index is 182. The Hall–Kier alpha value is 0.488. The minimum Gasteiger partial charge on any atom is -0.420 e. The highest BCUT2D eigenvalue weighted by molar-refractivity contribution is 6.80. The van der Waals surface area contributed by atoms with Crippen molar-refractivity contribution in [1.29, 1.82) is 0 Å². The Morgan fingerprint density at radius 1 is 0.875 bits per heavy atom. The average molecular weight is 295 g/mol. The van der Waals surface area contributed by atoms with Crippen LogP contribution in [-0.2, 0) is 12.3 Å². The first kappa shape index (κ1) is 16.5. The zero-order valence-electron chi connectivity index (χ0n) is 11.4. The standard InChI is InChI=1S/C9H26O3Si4/c1-8-9-16(10-13(2)3,11-14(4)5)12-15(6)7/h8,13-15H,1,9H2,2-7H3. The third-order valence-corrected chi connectivity index (χ3v) is 12.4. The van der Waals surface area contributed by atoms with E-state index in [4.69, 9.17) is 12.3 Å². The van der Waals surface area contributed by atoms with E-state index in [2.05, 4.69) is 45.9 Å². The van der Waals surface area contributed by atoms with Crippen molar-refractivity contribution in [3.05, 3.63) is 12.7 Å². The van der Waals surface area contributed by atoms with Crippen LogP contribution in [0.3, 0.4) is 0 Å². The molecule has 0 unspecified atom stereocenters. The molecule has 0 fully saturated rings. The van der Waals surface area contributed by atoms with Gasteiger partial charge in [-0.15, -0.1) is 6.58 Å². The van der Waals surface area contributed by atoms with Crippen LogP contribution in [0.1, 0.15) is 0 Å². The normalized spacial score (nSPS) is 12.8. The second-order valence-corrected chi connectivity index (χ2v) is 15.6. The van der Waals surface area contributed by atoms with Crippen LogP contribution in [0.5, 0.6) is 0 Å². The Morgan fingerprint density at radius 2 is 1.19 bits per heavy atom. The largest absolute Gasteiger partial charge is 0.472 e. The highest BCUT2D eigenvalue weighted by atomic mass is 28.5. The number of hydrogen-bond acceptors (Lipinski definition) is 3. The minimum atomic E-state index is -2.42. The lowest BCUT2D eigenvalue weighted by Crippen LogP contribution is -2.52. The van der Waals surface area contributed by atoms with E-state index >= 15 is 0 Å². The molecule has 0 heterocycles. The minimum absolute atomic E-state index is 0.758. The van der Waals surface area contributed by atoms with Crippen molar-refractivity contribution in [3.63, 3.8) is 0 Å². The topological polar surface area (TPSA) is 27.7 Å². The Kier molecular flexibility index (Phi) is 7.98. The Morgan fingerprint density at radius 3 is 1.38 bits per heavy atom. The van der Waals surface area contributed by atoms with E-state index in [1.165, 1.54) is 0 Å². The highest BCUT2D eigenvalue weighted by Gasteiger charge is 2.41. The summed E-state index contributed by atoms with van der Waals surface area (Å²) in [7, 11) is -5.83. The number of allylic oxidation sites excluding steroid dienone is 1. The van der Waals surface area contributed by atoms with E-state index in [0.717, 1.165) is 6.04 Å². The van der Waals surface area contributed by atoms with E-state index in [1.807, 2.05) is 6.08 Å². The summed E-state index contributed by atoms with van der Waals surface area (Å²) in [6.45, 7) is 16.8. The van der Waals surface area contributed by atoms with Gasteiger partial charge in [-0.1, -0.05) is 6.08 Å². The van der Waals surface area contributed by atoms with E-state index in [0.29, 0.717) is 0 Å². The van der Waals surface area contributed by atoms with Crippen molar-refractivity contribution in [2.24, 2.45) is 0 Å².